The van der Waals surface area contributed by atoms with Gasteiger partial charge in [0.25, 0.3) is 5.91 Å². The zero-order valence-electron chi connectivity index (χ0n) is 21.4. The minimum atomic E-state index is -0.545. The summed E-state index contributed by atoms with van der Waals surface area (Å²) in [6, 6.07) is 23.1. The maximum Gasteiger partial charge on any atom is 0.267 e. The van der Waals surface area contributed by atoms with Gasteiger partial charge in [-0.1, -0.05) is 48.5 Å². The first kappa shape index (κ1) is 25.4. The van der Waals surface area contributed by atoms with E-state index in [0.29, 0.717) is 0 Å². The lowest BCUT2D eigenvalue weighted by molar-refractivity contribution is -0.124. The lowest BCUT2D eigenvalue weighted by Crippen LogP contribution is -2.29. The number of para-hydroxylation sites is 1. The van der Waals surface area contributed by atoms with Crippen LogP contribution in [0.15, 0.2) is 79.0 Å². The van der Waals surface area contributed by atoms with Crippen molar-refractivity contribution in [3.05, 3.63) is 107 Å². The number of H-pyrrole nitrogens is 1. The minimum absolute atomic E-state index is 0.0770. The molecule has 0 fully saturated rings. The van der Waals surface area contributed by atoms with E-state index in [9.17, 15) is 9.59 Å². The van der Waals surface area contributed by atoms with Crippen molar-refractivity contribution in [1.82, 2.24) is 15.4 Å². The van der Waals surface area contributed by atoms with E-state index in [1.165, 1.54) is 40.6 Å². The summed E-state index contributed by atoms with van der Waals surface area (Å²) in [5.74, 6) is -0.622. The number of carbonyl (C=O) groups is 2. The first-order valence-electron chi connectivity index (χ1n) is 12.9. The second-order valence-corrected chi connectivity index (χ2v) is 9.78. The Labute approximate surface area is 222 Å². The van der Waals surface area contributed by atoms with Gasteiger partial charge in [-0.2, -0.15) is 0 Å². The van der Waals surface area contributed by atoms with E-state index < -0.39 is 5.91 Å². The number of aryl methyl sites for hydroxylation is 1. The maximum absolute atomic E-state index is 11.4. The number of rotatable bonds is 9. The first-order chi connectivity index (χ1) is 18.5. The first-order valence-corrected chi connectivity index (χ1v) is 12.9. The Bertz CT molecular complexity index is 1470. The Morgan fingerprint density at radius 2 is 1.92 bits per heavy atom. The zero-order valence-corrected chi connectivity index (χ0v) is 21.4. The molecule has 38 heavy (non-hydrogen) atoms. The monoisotopic (exact) mass is 508 g/mol. The van der Waals surface area contributed by atoms with Crippen molar-refractivity contribution in [2.45, 2.75) is 38.8 Å². The molecular weight excluding hydrogens is 476 g/mol. The largest absolute Gasteiger partial charge is 0.361 e. The molecule has 1 unspecified atom stereocenters. The van der Waals surface area contributed by atoms with Gasteiger partial charge in [-0.15, -0.1) is 0 Å². The Kier molecular flexibility index (Phi) is 7.67. The van der Waals surface area contributed by atoms with Crippen molar-refractivity contribution in [3.63, 3.8) is 0 Å². The molecule has 194 valence electrons. The number of benzene rings is 3. The fourth-order valence-electron chi connectivity index (χ4n) is 5.39. The van der Waals surface area contributed by atoms with E-state index in [1.807, 2.05) is 18.2 Å². The topological polar surface area (TPSA) is 97.5 Å². The van der Waals surface area contributed by atoms with Crippen LogP contribution in [-0.2, 0) is 29.0 Å². The lowest BCUT2D eigenvalue weighted by atomic mass is 10.0. The van der Waals surface area contributed by atoms with Crippen LogP contribution in [0.4, 0.5) is 5.69 Å². The number of nitrogens with one attached hydrogen (secondary N) is 3. The van der Waals surface area contributed by atoms with E-state index in [-0.39, 0.29) is 11.9 Å². The molecule has 2 amide bonds. The number of hydrogen-bond acceptors (Lipinski definition) is 4. The van der Waals surface area contributed by atoms with Crippen molar-refractivity contribution in [2.24, 2.45) is 0 Å². The summed E-state index contributed by atoms with van der Waals surface area (Å²) in [6.45, 7) is 3.21. The van der Waals surface area contributed by atoms with Crippen LogP contribution in [0.3, 0.4) is 0 Å². The van der Waals surface area contributed by atoms with Crippen LogP contribution < -0.4 is 10.8 Å². The summed E-state index contributed by atoms with van der Waals surface area (Å²) in [4.78, 5) is 28.7. The number of aromatic amines is 1. The number of hydroxylamine groups is 1. The molecule has 7 nitrogen and oxygen atoms in total. The van der Waals surface area contributed by atoms with Gasteiger partial charge >= 0.3 is 0 Å². The third kappa shape index (κ3) is 5.85. The van der Waals surface area contributed by atoms with Crippen LogP contribution in [0.2, 0.25) is 0 Å². The molecule has 1 atom stereocenters. The van der Waals surface area contributed by atoms with Gasteiger partial charge in [-0.05, 0) is 71.4 Å². The maximum atomic E-state index is 11.4. The minimum Gasteiger partial charge on any atom is -0.361 e. The number of anilines is 1. The van der Waals surface area contributed by atoms with Crippen LogP contribution in [0, 0.1) is 0 Å². The van der Waals surface area contributed by atoms with Crippen molar-refractivity contribution < 1.29 is 14.8 Å². The molecule has 1 aliphatic carbocycles. The molecule has 1 aromatic heterocycles. The summed E-state index contributed by atoms with van der Waals surface area (Å²) in [5, 5.41) is 12.8. The molecule has 7 heteroatoms. The average Bonchev–Trinajstić information content (AvgIpc) is 3.54. The van der Waals surface area contributed by atoms with Gasteiger partial charge in [0.2, 0.25) is 5.91 Å². The lowest BCUT2D eigenvalue weighted by Gasteiger charge is -2.30. The highest BCUT2D eigenvalue weighted by atomic mass is 16.5. The quantitative estimate of drug-likeness (QED) is 0.139. The van der Waals surface area contributed by atoms with Gasteiger partial charge in [0.1, 0.15) is 0 Å². The zero-order chi connectivity index (χ0) is 26.5. The molecule has 0 saturated heterocycles. The summed E-state index contributed by atoms with van der Waals surface area (Å²) in [5.41, 5.74) is 9.64. The molecule has 1 aliphatic rings. The van der Waals surface area contributed by atoms with Crippen molar-refractivity contribution in [2.75, 3.05) is 11.9 Å². The van der Waals surface area contributed by atoms with Gasteiger partial charge in [0.05, 0.1) is 0 Å². The van der Waals surface area contributed by atoms with Crippen molar-refractivity contribution in [3.8, 4) is 0 Å². The third-order valence-electron chi connectivity index (χ3n) is 7.19. The molecule has 1 heterocycles. The highest BCUT2D eigenvalue weighted by Gasteiger charge is 2.28. The Morgan fingerprint density at radius 1 is 1.11 bits per heavy atom. The van der Waals surface area contributed by atoms with E-state index in [1.54, 1.807) is 11.6 Å². The van der Waals surface area contributed by atoms with Crippen molar-refractivity contribution >= 4 is 34.5 Å². The number of amides is 2. The molecule has 5 rings (SSSR count). The van der Waals surface area contributed by atoms with Crippen LogP contribution in [0.25, 0.3) is 17.0 Å². The number of fused-ring (bicyclic) bond motifs is 2. The van der Waals surface area contributed by atoms with Gasteiger partial charge < -0.3 is 10.3 Å². The predicted octanol–water partition coefficient (Wildman–Crippen LogP) is 5.38. The summed E-state index contributed by atoms with van der Waals surface area (Å²) in [7, 11) is 0. The fraction of sp³-hybridized carbons (Fsp3) is 0.226. The molecule has 0 aliphatic heterocycles. The predicted molar refractivity (Wildman–Crippen MR) is 150 cm³/mol. The Morgan fingerprint density at radius 3 is 2.71 bits per heavy atom. The van der Waals surface area contributed by atoms with Crippen LogP contribution in [0.1, 0.15) is 47.2 Å². The summed E-state index contributed by atoms with van der Waals surface area (Å²) < 4.78 is 0. The van der Waals surface area contributed by atoms with Crippen LogP contribution in [0.5, 0.6) is 0 Å². The molecule has 3 aromatic carbocycles. The Hall–Kier alpha value is -4.20. The molecule has 0 saturated carbocycles. The number of hydrogen-bond donors (Lipinski definition) is 4. The SMILES string of the molecule is CC(=O)Nc1ccc(CN(CCc2c[nH]c3ccccc23)C2CCc3cc(C=CC(=O)NO)ccc32)cc1. The normalized spacial score (nSPS) is 14.8. The smallest absolute Gasteiger partial charge is 0.267 e. The summed E-state index contributed by atoms with van der Waals surface area (Å²) >= 11 is 0. The summed E-state index contributed by atoms with van der Waals surface area (Å²) in [6.07, 6.45) is 8.08. The second-order valence-electron chi connectivity index (χ2n) is 9.78. The highest BCUT2D eigenvalue weighted by Crippen LogP contribution is 2.37. The Balaban J connectivity index is 1.38. The molecule has 0 bridgehead atoms. The van der Waals surface area contributed by atoms with Gasteiger partial charge in [0.15, 0.2) is 0 Å². The molecule has 0 spiro atoms. The molecular formula is C31H32N4O3. The van der Waals surface area contributed by atoms with Gasteiger partial charge in [-0.3, -0.25) is 19.7 Å². The van der Waals surface area contributed by atoms with Crippen LogP contribution in [-0.4, -0.2) is 33.5 Å². The van der Waals surface area contributed by atoms with Gasteiger partial charge in [-0.25, -0.2) is 5.48 Å². The fourth-order valence-corrected chi connectivity index (χ4v) is 5.39. The highest BCUT2D eigenvalue weighted by molar-refractivity contribution is 5.91. The molecule has 4 N–H and O–H groups in total. The molecule has 0 radical (unpaired) electrons. The van der Waals surface area contributed by atoms with E-state index in [4.69, 9.17) is 5.21 Å². The number of nitrogens with zero attached hydrogens (tertiary/aromatic N) is 1. The van der Waals surface area contributed by atoms with Gasteiger partial charge in [0, 0.05) is 54.9 Å². The number of aromatic nitrogens is 1. The second kappa shape index (κ2) is 11.5. The molecule has 4 aromatic rings. The van der Waals surface area contributed by atoms with Crippen LogP contribution >= 0.6 is 0 Å². The number of carbonyl (C=O) groups excluding carboxylic acids is 2. The van der Waals surface area contributed by atoms with E-state index in [0.717, 1.165) is 49.1 Å². The van der Waals surface area contributed by atoms with E-state index >= 15 is 0 Å². The third-order valence-corrected chi connectivity index (χ3v) is 7.19. The average molecular weight is 509 g/mol. The van der Waals surface area contributed by atoms with E-state index in [2.05, 4.69) is 69.9 Å². The van der Waals surface area contributed by atoms with Crippen molar-refractivity contribution in [1.29, 1.82) is 0 Å². The standard InChI is InChI=1S/C31H32N4O3/c1-21(36)33-26-11-6-23(7-12-26)20-35(17-16-25-19-32-29-5-3-2-4-27(25)29)30-14-10-24-18-22(8-13-28(24)30)9-15-31(37)34-38/h2-9,11-13,15,18-19,30,32,38H,10,14,16-17,20H2,1H3,(H,33,36)(H,34,37).